The van der Waals surface area contributed by atoms with Crippen LogP contribution in [0.1, 0.15) is 23.2 Å². The lowest BCUT2D eigenvalue weighted by Gasteiger charge is -2.14. The van der Waals surface area contributed by atoms with Crippen molar-refractivity contribution in [1.29, 1.82) is 0 Å². The second kappa shape index (κ2) is 7.56. The highest BCUT2D eigenvalue weighted by molar-refractivity contribution is 7.16. The quantitative estimate of drug-likeness (QED) is 0.490. The van der Waals surface area contributed by atoms with Crippen LogP contribution in [0.4, 0.5) is 10.1 Å². The van der Waals surface area contributed by atoms with Gasteiger partial charge in [0.25, 0.3) is 5.91 Å². The lowest BCUT2D eigenvalue weighted by atomic mass is 10.2. The molecule has 29 heavy (non-hydrogen) atoms. The zero-order valence-electron chi connectivity index (χ0n) is 15.3. The number of hydrogen-bond acceptors (Lipinski definition) is 4. The molecule has 8 heteroatoms. The molecule has 1 aromatic heterocycles. The van der Waals surface area contributed by atoms with Crippen LogP contribution in [0.15, 0.2) is 60.1 Å². The molecule has 3 aromatic rings. The molecule has 0 N–H and O–H groups in total. The summed E-state index contributed by atoms with van der Waals surface area (Å²) in [4.78, 5) is 42.4. The van der Waals surface area contributed by atoms with Gasteiger partial charge in [0, 0.05) is 24.9 Å². The number of halogens is 1. The molecule has 0 atom stereocenters. The summed E-state index contributed by atoms with van der Waals surface area (Å²) in [5.74, 6) is -1.45. The second-order valence-electron chi connectivity index (χ2n) is 6.49. The molecule has 2 heterocycles. The minimum absolute atomic E-state index is 0.168. The number of benzene rings is 2. The number of amides is 3. The van der Waals surface area contributed by atoms with Gasteiger partial charge in [-0.1, -0.05) is 23.5 Å². The summed E-state index contributed by atoms with van der Waals surface area (Å²) < 4.78 is 16.0. The normalized spacial score (nSPS) is 14.8. The number of aromatic nitrogens is 1. The Bertz CT molecular complexity index is 1230. The zero-order valence-corrected chi connectivity index (χ0v) is 16.1. The van der Waals surface area contributed by atoms with Crippen molar-refractivity contribution in [1.82, 2.24) is 4.57 Å². The zero-order chi connectivity index (χ0) is 20.5. The molecule has 146 valence electrons. The van der Waals surface area contributed by atoms with Gasteiger partial charge >= 0.3 is 0 Å². The molecule has 1 aliphatic heterocycles. The average Bonchev–Trinajstić information content (AvgIpc) is 3.21. The number of imide groups is 1. The molecule has 2 aromatic carbocycles. The van der Waals surface area contributed by atoms with E-state index in [2.05, 4.69) is 11.6 Å². The summed E-state index contributed by atoms with van der Waals surface area (Å²) in [6.45, 7) is 4.13. The van der Waals surface area contributed by atoms with Crippen LogP contribution >= 0.6 is 11.3 Å². The summed E-state index contributed by atoms with van der Waals surface area (Å²) in [5.41, 5.74) is 1.37. The molecule has 1 saturated heterocycles. The Morgan fingerprint density at radius 2 is 1.93 bits per heavy atom. The highest BCUT2D eigenvalue weighted by Gasteiger charge is 2.30. The molecule has 0 bridgehead atoms. The van der Waals surface area contributed by atoms with Crippen molar-refractivity contribution in [2.45, 2.75) is 19.4 Å². The van der Waals surface area contributed by atoms with Gasteiger partial charge in [0.15, 0.2) is 4.80 Å². The van der Waals surface area contributed by atoms with Crippen LogP contribution in [0, 0.1) is 5.82 Å². The van der Waals surface area contributed by atoms with E-state index in [-0.39, 0.29) is 36.0 Å². The Morgan fingerprint density at radius 1 is 1.17 bits per heavy atom. The van der Waals surface area contributed by atoms with Crippen LogP contribution < -0.4 is 9.70 Å². The number of nitrogens with zero attached hydrogens (tertiary/aromatic N) is 3. The first-order chi connectivity index (χ1) is 14.0. The second-order valence-corrected chi connectivity index (χ2v) is 7.50. The largest absolute Gasteiger partial charge is 0.312 e. The molecule has 0 saturated carbocycles. The van der Waals surface area contributed by atoms with Gasteiger partial charge in [0.05, 0.1) is 15.9 Å². The lowest BCUT2D eigenvalue weighted by Crippen LogP contribution is -2.28. The maximum absolute atomic E-state index is 13.6. The molecular formula is C21H16FN3O3S. The summed E-state index contributed by atoms with van der Waals surface area (Å²) >= 11 is 1.20. The fraction of sp³-hybridized carbons (Fsp3) is 0.143. The highest BCUT2D eigenvalue weighted by atomic mass is 32.1. The third kappa shape index (κ3) is 3.54. The van der Waals surface area contributed by atoms with Crippen molar-refractivity contribution in [2.75, 3.05) is 4.90 Å². The van der Waals surface area contributed by atoms with Crippen LogP contribution in [-0.2, 0) is 16.1 Å². The molecule has 0 unspecified atom stereocenters. The topological polar surface area (TPSA) is 71.7 Å². The highest BCUT2D eigenvalue weighted by Crippen LogP contribution is 2.24. The SMILES string of the molecule is C=CCn1c(=NC(=O)c2cccc(N3C(=O)CCC3=O)c2)sc2cc(F)ccc21. The van der Waals surface area contributed by atoms with Crippen molar-refractivity contribution >= 4 is 45.0 Å². The van der Waals surface area contributed by atoms with Crippen molar-refractivity contribution in [3.63, 3.8) is 0 Å². The third-order valence-electron chi connectivity index (χ3n) is 4.56. The van der Waals surface area contributed by atoms with Gasteiger partial charge in [-0.05, 0) is 36.4 Å². The average molecular weight is 409 g/mol. The first kappa shape index (κ1) is 18.9. The van der Waals surface area contributed by atoms with E-state index >= 15 is 0 Å². The van der Waals surface area contributed by atoms with Crippen molar-refractivity contribution in [2.24, 2.45) is 4.99 Å². The first-order valence-electron chi connectivity index (χ1n) is 8.92. The Kier molecular flexibility index (Phi) is 4.94. The molecule has 0 spiro atoms. The van der Waals surface area contributed by atoms with Gasteiger partial charge in [-0.2, -0.15) is 4.99 Å². The Hall–Kier alpha value is -3.39. The van der Waals surface area contributed by atoms with Gasteiger partial charge in [-0.3, -0.25) is 19.3 Å². The number of rotatable bonds is 4. The molecule has 4 rings (SSSR count). The monoisotopic (exact) mass is 409 g/mol. The minimum atomic E-state index is -0.518. The number of anilines is 1. The van der Waals surface area contributed by atoms with Gasteiger partial charge < -0.3 is 4.57 Å². The number of allylic oxidation sites excluding steroid dienone is 1. The van der Waals surface area contributed by atoms with Crippen LogP contribution in [0.3, 0.4) is 0 Å². The molecule has 0 radical (unpaired) electrons. The number of hydrogen-bond donors (Lipinski definition) is 0. The van der Waals surface area contributed by atoms with Crippen molar-refractivity contribution < 1.29 is 18.8 Å². The van der Waals surface area contributed by atoms with Crippen LogP contribution in [0.5, 0.6) is 0 Å². The van der Waals surface area contributed by atoms with E-state index in [9.17, 15) is 18.8 Å². The van der Waals surface area contributed by atoms with Crippen LogP contribution in [0.2, 0.25) is 0 Å². The van der Waals surface area contributed by atoms with E-state index in [0.717, 1.165) is 10.4 Å². The van der Waals surface area contributed by atoms with Crippen molar-refractivity contribution in [3.05, 3.63) is 71.3 Å². The van der Waals surface area contributed by atoms with E-state index in [1.54, 1.807) is 34.9 Å². The summed E-state index contributed by atoms with van der Waals surface area (Å²) in [7, 11) is 0. The molecule has 6 nitrogen and oxygen atoms in total. The van der Waals surface area contributed by atoms with Gasteiger partial charge in [-0.25, -0.2) is 4.39 Å². The summed E-state index contributed by atoms with van der Waals surface area (Å²) in [5, 5.41) is 0. The molecule has 0 aliphatic carbocycles. The maximum Gasteiger partial charge on any atom is 0.279 e. The predicted molar refractivity (Wildman–Crippen MR) is 108 cm³/mol. The molecule has 3 amide bonds. The predicted octanol–water partition coefficient (Wildman–Crippen LogP) is 3.42. The third-order valence-corrected chi connectivity index (χ3v) is 5.60. The summed E-state index contributed by atoms with van der Waals surface area (Å²) in [6, 6.07) is 10.7. The van der Waals surface area contributed by atoms with E-state index in [1.165, 1.54) is 29.5 Å². The van der Waals surface area contributed by atoms with E-state index in [1.807, 2.05) is 0 Å². The van der Waals surface area contributed by atoms with Gasteiger partial charge in [0.2, 0.25) is 11.8 Å². The number of carbonyl (C=O) groups is 3. The molecule has 1 fully saturated rings. The van der Waals surface area contributed by atoms with E-state index in [0.29, 0.717) is 21.7 Å². The number of carbonyl (C=O) groups excluding carboxylic acids is 3. The van der Waals surface area contributed by atoms with Crippen LogP contribution in [-0.4, -0.2) is 22.3 Å². The first-order valence-corrected chi connectivity index (χ1v) is 9.74. The van der Waals surface area contributed by atoms with Gasteiger partial charge in [-0.15, -0.1) is 6.58 Å². The van der Waals surface area contributed by atoms with Crippen molar-refractivity contribution in [3.8, 4) is 0 Å². The van der Waals surface area contributed by atoms with Crippen LogP contribution in [0.25, 0.3) is 10.2 Å². The fourth-order valence-corrected chi connectivity index (χ4v) is 4.29. The van der Waals surface area contributed by atoms with E-state index < -0.39 is 5.91 Å². The van der Waals surface area contributed by atoms with E-state index in [4.69, 9.17) is 0 Å². The maximum atomic E-state index is 13.6. The Balaban J connectivity index is 1.76. The lowest BCUT2D eigenvalue weighted by molar-refractivity contribution is -0.121. The number of thiazole rings is 1. The smallest absolute Gasteiger partial charge is 0.279 e. The number of fused-ring (bicyclic) bond motifs is 1. The fourth-order valence-electron chi connectivity index (χ4n) is 3.23. The molecular weight excluding hydrogens is 393 g/mol. The standard InChI is InChI=1S/C21H16FN3O3S/c1-2-10-24-16-7-6-14(22)12-17(16)29-21(24)23-20(28)13-4-3-5-15(11-13)25-18(26)8-9-19(25)27/h2-7,11-12H,1,8-10H2. The Labute approximate surface area is 169 Å². The Morgan fingerprint density at radius 3 is 2.66 bits per heavy atom. The minimum Gasteiger partial charge on any atom is -0.312 e. The van der Waals surface area contributed by atoms with Gasteiger partial charge in [0.1, 0.15) is 5.82 Å². The molecule has 1 aliphatic rings. The summed E-state index contributed by atoms with van der Waals surface area (Å²) in [6.07, 6.45) is 2.01.